The maximum absolute atomic E-state index is 4.95. The Balaban J connectivity index is 0.000000637. The van der Waals surface area contributed by atoms with Gasteiger partial charge in [-0.2, -0.15) is 10.1 Å². The molecule has 0 aliphatic rings. The van der Waals surface area contributed by atoms with Gasteiger partial charge in [0.05, 0.1) is 11.7 Å². The van der Waals surface area contributed by atoms with Gasteiger partial charge < -0.3 is 4.52 Å². The van der Waals surface area contributed by atoms with Crippen molar-refractivity contribution < 1.29 is 4.52 Å². The minimum atomic E-state index is 0.548. The van der Waals surface area contributed by atoms with E-state index in [1.165, 1.54) is 0 Å². The van der Waals surface area contributed by atoms with E-state index in [9.17, 15) is 0 Å². The van der Waals surface area contributed by atoms with Gasteiger partial charge in [0.1, 0.15) is 0 Å². The van der Waals surface area contributed by atoms with Crippen LogP contribution in [0.1, 0.15) is 25.3 Å². The molecule has 0 saturated carbocycles. The molecular weight excluding hydrogens is 240 g/mol. The smallest absolute Gasteiger partial charge is 0.223 e. The molecule has 19 heavy (non-hydrogen) atoms. The van der Waals surface area contributed by atoms with E-state index in [-0.39, 0.29) is 0 Å². The molecule has 5 nitrogen and oxygen atoms in total. The van der Waals surface area contributed by atoms with Crippen LogP contribution in [0.25, 0.3) is 23.0 Å². The van der Waals surface area contributed by atoms with Crippen molar-refractivity contribution in [3.05, 3.63) is 42.6 Å². The first kappa shape index (κ1) is 13.0. The van der Waals surface area contributed by atoms with Crippen LogP contribution in [0.2, 0.25) is 0 Å². The summed E-state index contributed by atoms with van der Waals surface area (Å²) in [5, 5.41) is 8.11. The minimum absolute atomic E-state index is 0.548. The van der Waals surface area contributed by atoms with Crippen molar-refractivity contribution in [2.75, 3.05) is 0 Å². The molecule has 0 N–H and O–H groups in total. The molecule has 0 amide bonds. The molecule has 3 aromatic heterocycles. The van der Waals surface area contributed by atoms with Crippen molar-refractivity contribution in [1.82, 2.24) is 19.8 Å². The lowest BCUT2D eigenvalue weighted by molar-refractivity contribution is 0.394. The summed E-state index contributed by atoms with van der Waals surface area (Å²) in [5.74, 6) is 1.12. The average molecular weight is 256 g/mol. The molecule has 3 aromatic rings. The summed E-state index contributed by atoms with van der Waals surface area (Å²) in [6.45, 7) is 9.51. The molecule has 0 aliphatic heterocycles. The first-order valence-electron chi connectivity index (χ1n) is 6.18. The zero-order chi connectivity index (χ0) is 13.8. The summed E-state index contributed by atoms with van der Waals surface area (Å²) in [6, 6.07) is 3.90. The van der Waals surface area contributed by atoms with Crippen LogP contribution in [-0.4, -0.2) is 19.8 Å². The molecule has 3 rings (SSSR count). The SMILES string of the molecule is C=Cc1cnn2cc(-c3noc(C)n3)ccc12.CC. The highest BCUT2D eigenvalue weighted by Crippen LogP contribution is 2.19. The van der Waals surface area contributed by atoms with E-state index in [1.807, 2.05) is 32.2 Å². The average Bonchev–Trinajstić information content (AvgIpc) is 3.06. The summed E-state index contributed by atoms with van der Waals surface area (Å²) < 4.78 is 6.73. The normalized spacial score (nSPS) is 10.1. The number of hydrogen-bond donors (Lipinski definition) is 0. The maximum atomic E-state index is 4.95. The summed E-state index contributed by atoms with van der Waals surface area (Å²) >= 11 is 0. The Bertz CT molecular complexity index is 696. The Labute approximate surface area is 111 Å². The monoisotopic (exact) mass is 256 g/mol. The first-order chi connectivity index (χ1) is 9.28. The zero-order valence-electron chi connectivity index (χ0n) is 11.3. The van der Waals surface area contributed by atoms with Crippen LogP contribution in [0, 0.1) is 6.92 Å². The van der Waals surface area contributed by atoms with Gasteiger partial charge in [-0.25, -0.2) is 4.52 Å². The molecule has 98 valence electrons. The Morgan fingerprint density at radius 3 is 2.74 bits per heavy atom. The first-order valence-corrected chi connectivity index (χ1v) is 6.18. The quantitative estimate of drug-likeness (QED) is 0.705. The molecule has 0 bridgehead atoms. The summed E-state index contributed by atoms with van der Waals surface area (Å²) in [7, 11) is 0. The number of aromatic nitrogens is 4. The van der Waals surface area contributed by atoms with Crippen molar-refractivity contribution in [3.63, 3.8) is 0 Å². The van der Waals surface area contributed by atoms with E-state index in [2.05, 4.69) is 21.8 Å². The van der Waals surface area contributed by atoms with Crippen LogP contribution >= 0.6 is 0 Å². The highest BCUT2D eigenvalue weighted by atomic mass is 16.5. The molecule has 3 heterocycles. The number of hydrogen-bond acceptors (Lipinski definition) is 4. The van der Waals surface area contributed by atoms with Crippen molar-refractivity contribution in [2.24, 2.45) is 0 Å². The second-order valence-electron chi connectivity index (χ2n) is 3.69. The van der Waals surface area contributed by atoms with Gasteiger partial charge in [0.2, 0.25) is 11.7 Å². The van der Waals surface area contributed by atoms with E-state index in [4.69, 9.17) is 4.52 Å². The van der Waals surface area contributed by atoms with Gasteiger partial charge in [-0.15, -0.1) is 0 Å². The lowest BCUT2D eigenvalue weighted by Gasteiger charge is -1.97. The maximum Gasteiger partial charge on any atom is 0.223 e. The number of fused-ring (bicyclic) bond motifs is 1. The van der Waals surface area contributed by atoms with Crippen molar-refractivity contribution in [2.45, 2.75) is 20.8 Å². The third-order valence-corrected chi connectivity index (χ3v) is 2.55. The standard InChI is InChI=1S/C12H10N4O.C2H6/c1-3-9-6-13-16-7-10(4-5-11(9)16)12-14-8(2)17-15-12;1-2/h3-7H,1H2,2H3;1-2H3. The van der Waals surface area contributed by atoms with E-state index >= 15 is 0 Å². The molecule has 0 radical (unpaired) electrons. The zero-order valence-corrected chi connectivity index (χ0v) is 11.3. The van der Waals surface area contributed by atoms with E-state index in [0.29, 0.717) is 11.7 Å². The lowest BCUT2D eigenvalue weighted by Crippen LogP contribution is -1.89. The van der Waals surface area contributed by atoms with E-state index < -0.39 is 0 Å². The minimum Gasteiger partial charge on any atom is -0.339 e. The second kappa shape index (κ2) is 5.48. The predicted molar refractivity (Wildman–Crippen MR) is 74.7 cm³/mol. The molecule has 0 atom stereocenters. The summed E-state index contributed by atoms with van der Waals surface area (Å²) in [5.41, 5.74) is 2.87. The second-order valence-corrected chi connectivity index (χ2v) is 3.69. The van der Waals surface area contributed by atoms with E-state index in [0.717, 1.165) is 16.6 Å². The Morgan fingerprint density at radius 2 is 2.11 bits per heavy atom. The summed E-state index contributed by atoms with van der Waals surface area (Å²) in [6.07, 6.45) is 5.42. The fourth-order valence-corrected chi connectivity index (χ4v) is 1.71. The van der Waals surface area contributed by atoms with Crippen LogP contribution < -0.4 is 0 Å². The topological polar surface area (TPSA) is 56.2 Å². The lowest BCUT2D eigenvalue weighted by atomic mass is 10.2. The summed E-state index contributed by atoms with van der Waals surface area (Å²) in [4.78, 5) is 4.18. The van der Waals surface area contributed by atoms with Crippen LogP contribution in [0.3, 0.4) is 0 Å². The molecule has 0 spiro atoms. The fourth-order valence-electron chi connectivity index (χ4n) is 1.71. The molecule has 0 aliphatic carbocycles. The van der Waals surface area contributed by atoms with Gasteiger partial charge in [-0.05, 0) is 12.1 Å². The van der Waals surface area contributed by atoms with Crippen LogP contribution in [0.5, 0.6) is 0 Å². The van der Waals surface area contributed by atoms with Crippen LogP contribution in [-0.2, 0) is 0 Å². The molecule has 0 saturated heterocycles. The molecule has 0 aromatic carbocycles. The van der Waals surface area contributed by atoms with Crippen LogP contribution in [0.4, 0.5) is 0 Å². The highest BCUT2D eigenvalue weighted by molar-refractivity contribution is 5.70. The molecule has 0 unspecified atom stereocenters. The van der Waals surface area contributed by atoms with Crippen molar-refractivity contribution >= 4 is 11.6 Å². The largest absolute Gasteiger partial charge is 0.339 e. The number of pyridine rings is 1. The number of nitrogens with zero attached hydrogens (tertiary/aromatic N) is 4. The van der Waals surface area contributed by atoms with Gasteiger partial charge >= 0.3 is 0 Å². The van der Waals surface area contributed by atoms with Gasteiger partial charge in [-0.1, -0.05) is 31.7 Å². The van der Waals surface area contributed by atoms with Gasteiger partial charge in [0.15, 0.2) is 0 Å². The third-order valence-electron chi connectivity index (χ3n) is 2.55. The Hall–Kier alpha value is -2.43. The predicted octanol–water partition coefficient (Wildman–Crippen LogP) is 3.36. The van der Waals surface area contributed by atoms with Gasteiger partial charge in [-0.3, -0.25) is 0 Å². The highest BCUT2D eigenvalue weighted by Gasteiger charge is 2.08. The van der Waals surface area contributed by atoms with Crippen molar-refractivity contribution in [3.8, 4) is 11.4 Å². The fraction of sp³-hybridized carbons (Fsp3) is 0.214. The molecule has 5 heteroatoms. The molecular formula is C14H16N4O. The Kier molecular flexibility index (Phi) is 3.75. The van der Waals surface area contributed by atoms with Crippen molar-refractivity contribution in [1.29, 1.82) is 0 Å². The Morgan fingerprint density at radius 1 is 1.32 bits per heavy atom. The van der Waals surface area contributed by atoms with Crippen LogP contribution in [0.15, 0.2) is 35.6 Å². The van der Waals surface area contributed by atoms with Gasteiger partial charge in [0.25, 0.3) is 0 Å². The molecule has 0 fully saturated rings. The van der Waals surface area contributed by atoms with Gasteiger partial charge in [0, 0.05) is 24.2 Å². The van der Waals surface area contributed by atoms with E-state index in [1.54, 1.807) is 23.7 Å². The third kappa shape index (κ3) is 2.40. The number of rotatable bonds is 2. The number of aryl methyl sites for hydroxylation is 1.